The van der Waals surface area contributed by atoms with Crippen LogP contribution >= 0.6 is 0 Å². The van der Waals surface area contributed by atoms with Gasteiger partial charge in [-0.1, -0.05) is 0 Å². The van der Waals surface area contributed by atoms with Crippen molar-refractivity contribution < 1.29 is 73.8 Å². The molecule has 0 rings (SSSR count). The van der Waals surface area contributed by atoms with Gasteiger partial charge in [-0.2, -0.15) is 35.1 Å². The van der Waals surface area contributed by atoms with Crippen LogP contribution in [0.3, 0.4) is 0 Å². The Balaban J connectivity index is 6.92. The van der Waals surface area contributed by atoms with Crippen LogP contribution in [0.5, 0.6) is 0 Å². The molecule has 192 valence electrons. The molecule has 0 spiro atoms. The number of nitrogens with zero attached hydrogens (tertiary/aromatic N) is 4. The van der Waals surface area contributed by atoms with Gasteiger partial charge >= 0.3 is 56.8 Å². The second kappa shape index (κ2) is 12.2. The molecule has 0 heterocycles. The Kier molecular flexibility index (Phi) is 11.1. The van der Waals surface area contributed by atoms with Crippen LogP contribution in [0.25, 0.3) is 0 Å². The summed E-state index contributed by atoms with van der Waals surface area (Å²) in [6.45, 7) is 0. The van der Waals surface area contributed by atoms with E-state index in [0.29, 0.717) is 0 Å². The molecule has 0 aromatic rings. The molecule has 4 unspecified atom stereocenters. The minimum Gasteiger partial charge on any atom is -0.262 e. The van der Waals surface area contributed by atoms with Gasteiger partial charge in [0.05, 0.1) is 19.7 Å². The Labute approximate surface area is 172 Å². The van der Waals surface area contributed by atoms with Gasteiger partial charge < -0.3 is 0 Å². The second-order valence-corrected chi connectivity index (χ2v) is 5.01. The van der Waals surface area contributed by atoms with E-state index in [2.05, 4.69) is 18.9 Å². The molecule has 0 N–H and O–H groups in total. The summed E-state index contributed by atoms with van der Waals surface area (Å²) in [5.74, 6) is 0. The predicted molar refractivity (Wildman–Crippen MR) is 74.2 cm³/mol. The maximum Gasteiger partial charge on any atom is 0.434 e. The molecule has 0 amide bonds. The fourth-order valence-electron chi connectivity index (χ4n) is 1.50. The molecule has 0 bridgehead atoms. The van der Waals surface area contributed by atoms with Crippen molar-refractivity contribution in [3.63, 3.8) is 0 Å². The summed E-state index contributed by atoms with van der Waals surface area (Å²) in [7, 11) is 0. The molecule has 0 radical (unpaired) electrons. The van der Waals surface area contributed by atoms with Gasteiger partial charge in [-0.15, -0.1) is 0 Å². The third-order valence-electron chi connectivity index (χ3n) is 2.75. The normalized spacial score (nSPS) is 17.6. The van der Waals surface area contributed by atoms with Crippen LogP contribution in [0, 0.1) is 40.5 Å². The Morgan fingerprint density at radius 2 is 0.606 bits per heavy atom. The highest BCUT2D eigenvalue weighted by atomic mass is 19.3. The number of ether oxygens (including phenoxy) is 4. The van der Waals surface area contributed by atoms with Crippen molar-refractivity contribution in [2.24, 2.45) is 0 Å². The number of nitro groups is 4. The van der Waals surface area contributed by atoms with Gasteiger partial charge in [0.1, 0.15) is 0 Å². The molecule has 0 aliphatic rings. The van der Waals surface area contributed by atoms with E-state index in [9.17, 15) is 75.6 Å². The summed E-state index contributed by atoms with van der Waals surface area (Å²) in [6, 6.07) is 0. The zero-order valence-electron chi connectivity index (χ0n) is 14.8. The van der Waals surface area contributed by atoms with E-state index < -0.39 is 76.5 Å². The lowest BCUT2D eigenvalue weighted by Crippen LogP contribution is -2.58. The minimum atomic E-state index is -5.25. The van der Waals surface area contributed by atoms with Crippen LogP contribution in [0.1, 0.15) is 0 Å². The monoisotopic (exact) mass is 516 g/mol. The van der Waals surface area contributed by atoms with Crippen LogP contribution in [-0.2, 0) is 18.9 Å². The van der Waals surface area contributed by atoms with Crippen LogP contribution in [0.4, 0.5) is 35.1 Å². The fraction of sp³-hybridized carbons (Fsp3) is 1.00. The molecule has 0 aliphatic heterocycles. The minimum absolute atomic E-state index is 2.24. The van der Waals surface area contributed by atoms with Gasteiger partial charge in [0, 0.05) is 0 Å². The SMILES string of the molecule is O=[N+]([O-])C(OC(OC(C(F)F)[N+](=O)[O-])(OC(C(F)F)[N+](=O)[O-])OC(C(F)F)[N+](=O)[O-])C(F)F. The summed E-state index contributed by atoms with van der Waals surface area (Å²) in [6.07, 6.45) is -39.5. The van der Waals surface area contributed by atoms with Crippen molar-refractivity contribution in [2.75, 3.05) is 0 Å². The zero-order valence-corrected chi connectivity index (χ0v) is 14.8. The maximum absolute atomic E-state index is 12.9. The Morgan fingerprint density at radius 3 is 0.697 bits per heavy atom. The van der Waals surface area contributed by atoms with Crippen molar-refractivity contribution in [2.45, 2.75) is 56.8 Å². The molecule has 0 aliphatic carbocycles. The van der Waals surface area contributed by atoms with Crippen molar-refractivity contribution in [3.8, 4) is 0 Å². The first-order valence-corrected chi connectivity index (χ1v) is 7.33. The highest BCUT2D eigenvalue weighted by molar-refractivity contribution is 4.60. The highest BCUT2D eigenvalue weighted by Crippen LogP contribution is 2.32. The predicted octanol–water partition coefficient (Wildman–Crippen LogP) is 1.14. The first-order chi connectivity index (χ1) is 15.0. The van der Waals surface area contributed by atoms with E-state index in [0.717, 1.165) is 0 Å². The fourth-order valence-corrected chi connectivity index (χ4v) is 1.50. The molecular formula is C9H8F8N4O12. The van der Waals surface area contributed by atoms with Gasteiger partial charge in [0.2, 0.25) is 0 Å². The van der Waals surface area contributed by atoms with Crippen LogP contribution in [0.15, 0.2) is 0 Å². The Morgan fingerprint density at radius 1 is 0.455 bits per heavy atom. The Bertz CT molecular complexity index is 599. The molecule has 0 aromatic heterocycles. The quantitative estimate of drug-likeness (QED) is 0.122. The lowest BCUT2D eigenvalue weighted by Gasteiger charge is -2.33. The van der Waals surface area contributed by atoms with Gasteiger partial charge in [0.25, 0.3) is 0 Å². The summed E-state index contributed by atoms with van der Waals surface area (Å²) < 4.78 is 117. The van der Waals surface area contributed by atoms with Gasteiger partial charge in [-0.3, -0.25) is 40.5 Å². The Hall–Kier alpha value is -3.12. The number of hydrogen-bond acceptors (Lipinski definition) is 12. The first kappa shape index (κ1) is 29.9. The van der Waals surface area contributed by atoms with E-state index >= 15 is 0 Å². The van der Waals surface area contributed by atoms with Crippen molar-refractivity contribution in [1.82, 2.24) is 0 Å². The summed E-state index contributed by atoms with van der Waals surface area (Å²) in [5.41, 5.74) is 0. The third-order valence-corrected chi connectivity index (χ3v) is 2.75. The summed E-state index contributed by atoms with van der Waals surface area (Å²) in [4.78, 5) is 33.7. The molecule has 16 nitrogen and oxygen atoms in total. The average Bonchev–Trinajstić information content (AvgIpc) is 2.64. The molecule has 0 fully saturated rings. The highest BCUT2D eigenvalue weighted by Gasteiger charge is 2.60. The number of alkyl halides is 8. The third kappa shape index (κ3) is 8.73. The largest absolute Gasteiger partial charge is 0.434 e. The molecule has 33 heavy (non-hydrogen) atoms. The summed E-state index contributed by atoms with van der Waals surface area (Å²) >= 11 is 0. The van der Waals surface area contributed by atoms with Gasteiger partial charge in [0.15, 0.2) is 0 Å². The van der Waals surface area contributed by atoms with E-state index in [1.807, 2.05) is 0 Å². The van der Waals surface area contributed by atoms with Crippen molar-refractivity contribution >= 4 is 0 Å². The lowest BCUT2D eigenvalue weighted by molar-refractivity contribution is -0.740. The number of hydrogen-bond donors (Lipinski definition) is 0. The molecule has 0 saturated heterocycles. The summed E-state index contributed by atoms with van der Waals surface area (Å²) in [5, 5.41) is 42.7. The van der Waals surface area contributed by atoms with Crippen molar-refractivity contribution in [3.05, 3.63) is 40.5 Å². The lowest BCUT2D eigenvalue weighted by atomic mass is 10.5. The maximum atomic E-state index is 12.9. The molecule has 24 heteroatoms. The number of rotatable bonds is 16. The van der Waals surface area contributed by atoms with E-state index in [1.54, 1.807) is 0 Å². The smallest absolute Gasteiger partial charge is 0.262 e. The molecule has 4 atom stereocenters. The average molecular weight is 516 g/mol. The van der Waals surface area contributed by atoms with Gasteiger partial charge in [-0.05, 0) is 0 Å². The molecule has 0 saturated carbocycles. The topological polar surface area (TPSA) is 209 Å². The van der Waals surface area contributed by atoms with Gasteiger partial charge in [-0.25, -0.2) is 18.9 Å². The van der Waals surface area contributed by atoms with Crippen LogP contribution < -0.4 is 0 Å². The van der Waals surface area contributed by atoms with E-state index in [4.69, 9.17) is 0 Å². The van der Waals surface area contributed by atoms with Crippen LogP contribution in [0.2, 0.25) is 0 Å². The molecule has 0 aromatic carbocycles. The zero-order chi connectivity index (χ0) is 26.3. The van der Waals surface area contributed by atoms with E-state index in [-0.39, 0.29) is 0 Å². The molecular weight excluding hydrogens is 508 g/mol. The second-order valence-electron chi connectivity index (χ2n) is 5.01. The van der Waals surface area contributed by atoms with Crippen LogP contribution in [-0.4, -0.2) is 76.5 Å². The number of halogens is 8. The standard InChI is InChI=1S/C9H8F8N4O12/c10-1(11)5(18(22)23)30-9(31-6(2(12)13)19(24)25,32-7(3(14)15)20(26)27)33-8(4(16)17)21(28)29/h1-8H. The van der Waals surface area contributed by atoms with Crippen molar-refractivity contribution in [1.29, 1.82) is 0 Å². The van der Waals surface area contributed by atoms with E-state index in [1.165, 1.54) is 0 Å². The first-order valence-electron chi connectivity index (χ1n) is 7.33.